The molecule has 1 atom stereocenters. The second kappa shape index (κ2) is 6.65. The molecule has 76 valence electrons. The fourth-order valence-corrected chi connectivity index (χ4v) is 0.685. The van der Waals surface area contributed by atoms with E-state index in [4.69, 9.17) is 9.84 Å². The molecule has 0 saturated carbocycles. The van der Waals surface area contributed by atoms with E-state index in [2.05, 4.69) is 13.2 Å². The zero-order valence-electron chi connectivity index (χ0n) is 7.68. The Bertz CT molecular complexity index is 265. The molecule has 0 aromatic rings. The van der Waals surface area contributed by atoms with E-state index in [1.807, 2.05) is 0 Å². The van der Waals surface area contributed by atoms with Gasteiger partial charge in [0.15, 0.2) is 0 Å². The molecule has 0 aliphatic heterocycles. The molecule has 1 N–H and O–H groups in total. The molecule has 0 heterocycles. The van der Waals surface area contributed by atoms with Crippen LogP contribution in [0.15, 0.2) is 37.5 Å². The van der Waals surface area contributed by atoms with E-state index >= 15 is 0 Å². The summed E-state index contributed by atoms with van der Waals surface area (Å²) in [5.41, 5.74) is 0. The highest BCUT2D eigenvalue weighted by Gasteiger charge is 2.06. The quantitative estimate of drug-likeness (QED) is 0.395. The summed E-state index contributed by atoms with van der Waals surface area (Å²) in [7, 11) is 0. The fraction of sp³-hybridized carbons (Fsp3) is 0.200. The van der Waals surface area contributed by atoms with Crippen LogP contribution >= 0.6 is 0 Å². The molecule has 0 spiro atoms. The van der Waals surface area contributed by atoms with Crippen LogP contribution in [-0.2, 0) is 14.3 Å². The Labute approximate surface area is 82.2 Å². The number of rotatable bonds is 6. The first-order chi connectivity index (χ1) is 6.60. The highest BCUT2D eigenvalue weighted by molar-refractivity contribution is 5.90. The maximum atomic E-state index is 10.9. The fourth-order valence-electron chi connectivity index (χ4n) is 0.685. The Morgan fingerprint density at radius 1 is 1.36 bits per heavy atom. The highest BCUT2D eigenvalue weighted by Crippen LogP contribution is 2.01. The normalized spacial score (nSPS) is 12.0. The average molecular weight is 196 g/mol. The van der Waals surface area contributed by atoms with E-state index in [-0.39, 0.29) is 0 Å². The molecule has 1 unspecified atom stereocenters. The molecular formula is C10H12O4. The van der Waals surface area contributed by atoms with Gasteiger partial charge in [0.25, 0.3) is 0 Å². The average Bonchev–Trinajstić information content (AvgIpc) is 2.14. The number of esters is 1. The molecule has 0 amide bonds. The van der Waals surface area contributed by atoms with Gasteiger partial charge in [-0.1, -0.05) is 18.7 Å². The van der Waals surface area contributed by atoms with E-state index in [1.165, 1.54) is 6.08 Å². The molecule has 14 heavy (non-hydrogen) atoms. The number of carbonyl (C=O) groups is 2. The van der Waals surface area contributed by atoms with Gasteiger partial charge in [-0.05, 0) is 0 Å². The van der Waals surface area contributed by atoms with Gasteiger partial charge in [0.1, 0.15) is 6.10 Å². The van der Waals surface area contributed by atoms with Gasteiger partial charge in [0, 0.05) is 18.6 Å². The molecule has 0 aliphatic carbocycles. The SMILES string of the molecule is C=CCC(C=C)OC(=O)C=CC(=O)O. The van der Waals surface area contributed by atoms with Crippen molar-refractivity contribution >= 4 is 11.9 Å². The molecule has 0 bridgehead atoms. The molecule has 0 rings (SSSR count). The lowest BCUT2D eigenvalue weighted by Crippen LogP contribution is -2.13. The summed E-state index contributed by atoms with van der Waals surface area (Å²) in [5.74, 6) is -1.90. The number of aliphatic carboxylic acids is 1. The van der Waals surface area contributed by atoms with Crippen LogP contribution in [0.1, 0.15) is 6.42 Å². The number of hydrogen-bond donors (Lipinski definition) is 1. The van der Waals surface area contributed by atoms with E-state index in [9.17, 15) is 9.59 Å². The molecule has 0 saturated heterocycles. The van der Waals surface area contributed by atoms with Crippen molar-refractivity contribution in [3.05, 3.63) is 37.5 Å². The number of hydrogen-bond acceptors (Lipinski definition) is 3. The van der Waals surface area contributed by atoms with E-state index < -0.39 is 18.0 Å². The zero-order valence-corrected chi connectivity index (χ0v) is 7.68. The van der Waals surface area contributed by atoms with Crippen molar-refractivity contribution in [1.82, 2.24) is 0 Å². The summed E-state index contributed by atoms with van der Waals surface area (Å²) in [6.07, 6.45) is 4.60. The van der Waals surface area contributed by atoms with Gasteiger partial charge < -0.3 is 9.84 Å². The number of carbonyl (C=O) groups excluding carboxylic acids is 1. The first-order valence-electron chi connectivity index (χ1n) is 3.95. The highest BCUT2D eigenvalue weighted by atomic mass is 16.5. The van der Waals surface area contributed by atoms with Crippen molar-refractivity contribution in [3.63, 3.8) is 0 Å². The summed E-state index contributed by atoms with van der Waals surface area (Å²) in [6, 6.07) is 0. The number of ether oxygens (including phenoxy) is 1. The Balaban J connectivity index is 4.08. The minimum atomic E-state index is -1.19. The Morgan fingerprint density at radius 2 is 2.00 bits per heavy atom. The molecule has 0 aromatic carbocycles. The van der Waals surface area contributed by atoms with Gasteiger partial charge in [-0.15, -0.1) is 6.58 Å². The largest absolute Gasteiger partial charge is 0.478 e. The van der Waals surface area contributed by atoms with Crippen LogP contribution in [0.3, 0.4) is 0 Å². The Morgan fingerprint density at radius 3 is 2.43 bits per heavy atom. The zero-order chi connectivity index (χ0) is 11.0. The van der Waals surface area contributed by atoms with Gasteiger partial charge in [-0.3, -0.25) is 0 Å². The van der Waals surface area contributed by atoms with Crippen LogP contribution in [-0.4, -0.2) is 23.1 Å². The van der Waals surface area contributed by atoms with Crippen LogP contribution in [0, 0.1) is 0 Å². The predicted octanol–water partition coefficient (Wildman–Crippen LogP) is 1.30. The van der Waals surface area contributed by atoms with Gasteiger partial charge in [-0.2, -0.15) is 0 Å². The molecule has 0 aromatic heterocycles. The lowest BCUT2D eigenvalue weighted by atomic mass is 10.2. The lowest BCUT2D eigenvalue weighted by Gasteiger charge is -2.09. The second-order valence-corrected chi connectivity index (χ2v) is 2.41. The summed E-state index contributed by atoms with van der Waals surface area (Å²) < 4.78 is 4.81. The van der Waals surface area contributed by atoms with Crippen molar-refractivity contribution < 1.29 is 19.4 Å². The third-order valence-electron chi connectivity index (χ3n) is 1.29. The standard InChI is InChI=1S/C10H12O4/c1-3-5-8(4-2)14-10(13)7-6-9(11)12/h3-4,6-8H,1-2,5H2,(H,11,12). The van der Waals surface area contributed by atoms with E-state index in [0.29, 0.717) is 6.42 Å². The molecule has 0 fully saturated rings. The third-order valence-corrected chi connectivity index (χ3v) is 1.29. The van der Waals surface area contributed by atoms with Crippen LogP contribution < -0.4 is 0 Å². The van der Waals surface area contributed by atoms with Crippen molar-refractivity contribution in [3.8, 4) is 0 Å². The second-order valence-electron chi connectivity index (χ2n) is 2.41. The minimum absolute atomic E-state index is 0.455. The summed E-state index contributed by atoms with van der Waals surface area (Å²) in [5, 5.41) is 8.23. The Hall–Kier alpha value is -1.84. The van der Waals surface area contributed by atoms with Crippen molar-refractivity contribution in [2.45, 2.75) is 12.5 Å². The molecule has 0 radical (unpaired) electrons. The van der Waals surface area contributed by atoms with Crippen LogP contribution in [0.4, 0.5) is 0 Å². The third kappa shape index (κ3) is 5.77. The monoisotopic (exact) mass is 196 g/mol. The first kappa shape index (κ1) is 12.2. The van der Waals surface area contributed by atoms with Crippen molar-refractivity contribution in [1.29, 1.82) is 0 Å². The summed E-state index contributed by atoms with van der Waals surface area (Å²) in [4.78, 5) is 21.0. The van der Waals surface area contributed by atoms with Gasteiger partial charge in [-0.25, -0.2) is 9.59 Å². The summed E-state index contributed by atoms with van der Waals surface area (Å²) >= 11 is 0. The molecule has 0 aliphatic rings. The maximum absolute atomic E-state index is 10.9. The maximum Gasteiger partial charge on any atom is 0.331 e. The number of carboxylic acid groups (broad SMARTS) is 1. The van der Waals surface area contributed by atoms with Crippen LogP contribution in [0.5, 0.6) is 0 Å². The Kier molecular flexibility index (Phi) is 5.78. The van der Waals surface area contributed by atoms with Gasteiger partial charge >= 0.3 is 11.9 Å². The lowest BCUT2D eigenvalue weighted by molar-refractivity contribution is -0.141. The molecule has 4 nitrogen and oxygen atoms in total. The predicted molar refractivity (Wildman–Crippen MR) is 51.7 cm³/mol. The topological polar surface area (TPSA) is 63.6 Å². The summed E-state index contributed by atoms with van der Waals surface area (Å²) in [6.45, 7) is 6.94. The van der Waals surface area contributed by atoms with E-state index in [0.717, 1.165) is 12.2 Å². The van der Waals surface area contributed by atoms with Crippen LogP contribution in [0.25, 0.3) is 0 Å². The molecular weight excluding hydrogens is 184 g/mol. The van der Waals surface area contributed by atoms with E-state index in [1.54, 1.807) is 6.08 Å². The van der Waals surface area contributed by atoms with Gasteiger partial charge in [0.2, 0.25) is 0 Å². The van der Waals surface area contributed by atoms with Crippen LogP contribution in [0.2, 0.25) is 0 Å². The number of carboxylic acids is 1. The van der Waals surface area contributed by atoms with Crippen molar-refractivity contribution in [2.75, 3.05) is 0 Å². The minimum Gasteiger partial charge on any atom is -0.478 e. The first-order valence-corrected chi connectivity index (χ1v) is 3.95. The van der Waals surface area contributed by atoms with Crippen molar-refractivity contribution in [2.24, 2.45) is 0 Å². The molecule has 4 heteroatoms. The van der Waals surface area contributed by atoms with Gasteiger partial charge in [0.05, 0.1) is 0 Å². The smallest absolute Gasteiger partial charge is 0.331 e.